The Labute approximate surface area is 137 Å². The van der Waals surface area contributed by atoms with Crippen molar-refractivity contribution < 1.29 is 4.79 Å². The van der Waals surface area contributed by atoms with Crippen LogP contribution in [0.1, 0.15) is 22.8 Å². The molecular formula is C15H14Cl2N2OS. The second-order valence-electron chi connectivity index (χ2n) is 5.06. The summed E-state index contributed by atoms with van der Waals surface area (Å²) in [6.07, 6.45) is 0. The number of fused-ring (bicyclic) bond motifs is 1. The van der Waals surface area contributed by atoms with Crippen LogP contribution in [0, 0.1) is 0 Å². The molecule has 0 saturated carbocycles. The zero-order chi connectivity index (χ0) is 15.0. The van der Waals surface area contributed by atoms with E-state index < -0.39 is 0 Å². The Hall–Kier alpha value is -1.07. The highest BCUT2D eigenvalue weighted by molar-refractivity contribution is 7.20. The second kappa shape index (κ2) is 5.97. The zero-order valence-corrected chi connectivity index (χ0v) is 13.7. The molecule has 1 N–H and O–H groups in total. The first kappa shape index (κ1) is 14.9. The molecule has 6 heteroatoms. The van der Waals surface area contributed by atoms with Gasteiger partial charge in [-0.25, -0.2) is 0 Å². The molecule has 0 saturated heterocycles. The molecule has 1 atom stereocenters. The van der Waals surface area contributed by atoms with E-state index in [4.69, 9.17) is 23.2 Å². The van der Waals surface area contributed by atoms with Gasteiger partial charge in [0.1, 0.15) is 4.34 Å². The normalized spacial score (nSPS) is 18.2. The van der Waals surface area contributed by atoms with Crippen LogP contribution in [0.25, 0.3) is 0 Å². The molecule has 0 radical (unpaired) electrons. The number of rotatable bonds is 1. The number of benzene rings is 1. The third kappa shape index (κ3) is 2.94. The molecule has 3 nitrogen and oxygen atoms in total. The number of halogens is 2. The van der Waals surface area contributed by atoms with Crippen molar-refractivity contribution in [1.82, 2.24) is 5.32 Å². The van der Waals surface area contributed by atoms with Gasteiger partial charge in [0.25, 0.3) is 5.91 Å². The molecule has 2 aromatic rings. The lowest BCUT2D eigenvalue weighted by Crippen LogP contribution is -2.39. The summed E-state index contributed by atoms with van der Waals surface area (Å²) in [6, 6.07) is 9.76. The fourth-order valence-electron chi connectivity index (χ4n) is 2.47. The molecule has 1 unspecified atom stereocenters. The summed E-state index contributed by atoms with van der Waals surface area (Å²) in [7, 11) is 0. The van der Waals surface area contributed by atoms with Crippen molar-refractivity contribution in [2.75, 3.05) is 11.4 Å². The SMILES string of the molecule is CC1CN(C(=O)c2cc(Cl)sc2Cl)c2ccccc2CN1. The lowest BCUT2D eigenvalue weighted by Gasteiger charge is -2.24. The predicted octanol–water partition coefficient (Wildman–Crippen LogP) is 4.19. The van der Waals surface area contributed by atoms with E-state index in [-0.39, 0.29) is 11.9 Å². The van der Waals surface area contributed by atoms with Crippen LogP contribution < -0.4 is 10.2 Å². The molecule has 1 aliphatic rings. The van der Waals surface area contributed by atoms with E-state index in [1.165, 1.54) is 11.3 Å². The summed E-state index contributed by atoms with van der Waals surface area (Å²) in [6.45, 7) is 3.41. The van der Waals surface area contributed by atoms with E-state index in [1.54, 1.807) is 11.0 Å². The topological polar surface area (TPSA) is 32.3 Å². The van der Waals surface area contributed by atoms with Crippen LogP contribution in [0.4, 0.5) is 5.69 Å². The highest BCUT2D eigenvalue weighted by Gasteiger charge is 2.27. The number of amides is 1. The van der Waals surface area contributed by atoms with Crippen molar-refractivity contribution in [2.24, 2.45) is 0 Å². The lowest BCUT2D eigenvalue weighted by atomic mass is 10.1. The summed E-state index contributed by atoms with van der Waals surface area (Å²) in [5.41, 5.74) is 2.50. The van der Waals surface area contributed by atoms with E-state index in [0.29, 0.717) is 20.8 Å². The minimum Gasteiger partial charge on any atom is -0.308 e. The minimum absolute atomic E-state index is 0.105. The Morgan fingerprint density at radius 1 is 1.38 bits per heavy atom. The van der Waals surface area contributed by atoms with Crippen LogP contribution in [0.3, 0.4) is 0 Å². The third-order valence-corrected chi connectivity index (χ3v) is 5.00. The number of para-hydroxylation sites is 1. The number of carbonyl (C=O) groups excluding carboxylic acids is 1. The summed E-state index contributed by atoms with van der Waals surface area (Å²) in [5, 5.41) is 3.41. The molecule has 0 fully saturated rings. The van der Waals surface area contributed by atoms with Crippen molar-refractivity contribution in [1.29, 1.82) is 0 Å². The van der Waals surface area contributed by atoms with Gasteiger partial charge >= 0.3 is 0 Å². The molecule has 0 bridgehead atoms. The first-order valence-corrected chi connectivity index (χ1v) is 8.21. The molecule has 1 aromatic carbocycles. The average molecular weight is 341 g/mol. The standard InChI is InChI=1S/C15H14Cl2N2OS/c1-9-8-19(12-5-3-2-4-10(12)7-18-9)15(20)11-6-13(16)21-14(11)17/h2-6,9,18H,7-8H2,1H3. The Kier molecular flexibility index (Phi) is 4.22. The molecule has 110 valence electrons. The quantitative estimate of drug-likeness (QED) is 0.843. The number of hydrogen-bond donors (Lipinski definition) is 1. The minimum atomic E-state index is -0.105. The number of anilines is 1. The monoisotopic (exact) mass is 340 g/mol. The molecule has 0 spiro atoms. The van der Waals surface area contributed by atoms with E-state index in [0.717, 1.165) is 17.8 Å². The van der Waals surface area contributed by atoms with E-state index >= 15 is 0 Å². The number of thiophene rings is 1. The van der Waals surface area contributed by atoms with Gasteiger partial charge in [-0.05, 0) is 24.6 Å². The Morgan fingerprint density at radius 2 is 2.14 bits per heavy atom. The molecule has 21 heavy (non-hydrogen) atoms. The van der Waals surface area contributed by atoms with Gasteiger partial charge in [0.15, 0.2) is 0 Å². The zero-order valence-electron chi connectivity index (χ0n) is 11.4. The number of nitrogens with zero attached hydrogens (tertiary/aromatic N) is 1. The number of nitrogens with one attached hydrogen (secondary N) is 1. The molecule has 1 amide bonds. The summed E-state index contributed by atoms with van der Waals surface area (Å²) in [4.78, 5) is 14.6. The number of hydrogen-bond acceptors (Lipinski definition) is 3. The lowest BCUT2D eigenvalue weighted by molar-refractivity contribution is 0.0986. The first-order chi connectivity index (χ1) is 10.1. The Morgan fingerprint density at radius 3 is 2.86 bits per heavy atom. The smallest absolute Gasteiger partial charge is 0.260 e. The van der Waals surface area contributed by atoms with Crippen LogP contribution in [0.2, 0.25) is 8.67 Å². The highest BCUT2D eigenvalue weighted by atomic mass is 35.5. The summed E-state index contributed by atoms with van der Waals surface area (Å²) < 4.78 is 0.963. The largest absolute Gasteiger partial charge is 0.308 e. The van der Waals surface area contributed by atoms with Crippen molar-refractivity contribution in [2.45, 2.75) is 19.5 Å². The maximum absolute atomic E-state index is 12.9. The first-order valence-electron chi connectivity index (χ1n) is 6.64. The predicted molar refractivity (Wildman–Crippen MR) is 88.8 cm³/mol. The van der Waals surface area contributed by atoms with Gasteiger partial charge in [-0.3, -0.25) is 4.79 Å². The van der Waals surface area contributed by atoms with Crippen LogP contribution >= 0.6 is 34.5 Å². The van der Waals surface area contributed by atoms with E-state index in [1.807, 2.05) is 24.3 Å². The van der Waals surface area contributed by atoms with Gasteiger partial charge in [0.05, 0.1) is 9.90 Å². The van der Waals surface area contributed by atoms with Crippen molar-refractivity contribution in [3.05, 3.63) is 50.1 Å². The third-order valence-electron chi connectivity index (χ3n) is 3.51. The van der Waals surface area contributed by atoms with Gasteiger partial charge < -0.3 is 10.2 Å². The summed E-state index contributed by atoms with van der Waals surface area (Å²) in [5.74, 6) is -0.105. The van der Waals surface area contributed by atoms with Crippen molar-refractivity contribution >= 4 is 46.1 Å². The van der Waals surface area contributed by atoms with Crippen molar-refractivity contribution in [3.63, 3.8) is 0 Å². The fourth-order valence-corrected chi connectivity index (χ4v) is 3.92. The van der Waals surface area contributed by atoms with Gasteiger partial charge in [-0.1, -0.05) is 41.4 Å². The molecule has 3 rings (SSSR count). The second-order valence-corrected chi connectivity index (χ2v) is 7.35. The van der Waals surface area contributed by atoms with Crippen molar-refractivity contribution in [3.8, 4) is 0 Å². The molecule has 2 heterocycles. The van der Waals surface area contributed by atoms with Crippen LogP contribution in [0.5, 0.6) is 0 Å². The van der Waals surface area contributed by atoms with E-state index in [9.17, 15) is 4.79 Å². The molecule has 1 aliphatic heterocycles. The van der Waals surface area contributed by atoms with Crippen LogP contribution in [-0.2, 0) is 6.54 Å². The highest BCUT2D eigenvalue weighted by Crippen LogP contribution is 2.34. The van der Waals surface area contributed by atoms with E-state index in [2.05, 4.69) is 12.2 Å². The van der Waals surface area contributed by atoms with Gasteiger partial charge in [0.2, 0.25) is 0 Å². The Bertz CT molecular complexity index is 686. The number of carbonyl (C=O) groups is 1. The van der Waals surface area contributed by atoms with Crippen LogP contribution in [-0.4, -0.2) is 18.5 Å². The molecule has 1 aromatic heterocycles. The Balaban J connectivity index is 2.03. The average Bonchev–Trinajstić information content (AvgIpc) is 2.71. The fraction of sp³-hybridized carbons (Fsp3) is 0.267. The van der Waals surface area contributed by atoms with Gasteiger partial charge in [-0.2, -0.15) is 0 Å². The maximum atomic E-state index is 12.9. The summed E-state index contributed by atoms with van der Waals surface area (Å²) >= 11 is 13.3. The molecule has 0 aliphatic carbocycles. The van der Waals surface area contributed by atoms with Gasteiger partial charge in [-0.15, -0.1) is 11.3 Å². The molecular weight excluding hydrogens is 327 g/mol. The maximum Gasteiger partial charge on any atom is 0.260 e. The van der Waals surface area contributed by atoms with Crippen LogP contribution in [0.15, 0.2) is 30.3 Å². The van der Waals surface area contributed by atoms with Gasteiger partial charge in [0, 0.05) is 24.8 Å².